The van der Waals surface area contributed by atoms with Crippen molar-refractivity contribution >= 4 is 27.3 Å². The molecule has 0 saturated carbocycles. The molecule has 0 aliphatic carbocycles. The summed E-state index contributed by atoms with van der Waals surface area (Å²) < 4.78 is 27.4. The van der Waals surface area contributed by atoms with Crippen LogP contribution in [0.5, 0.6) is 0 Å². The number of carbonyl (C=O) groups excluding carboxylic acids is 1. The van der Waals surface area contributed by atoms with Crippen LogP contribution in [-0.2, 0) is 17.1 Å². The van der Waals surface area contributed by atoms with E-state index in [1.807, 2.05) is 44.1 Å². The van der Waals surface area contributed by atoms with Crippen molar-refractivity contribution in [3.8, 4) is 0 Å². The van der Waals surface area contributed by atoms with E-state index in [0.29, 0.717) is 5.69 Å². The van der Waals surface area contributed by atoms with Gasteiger partial charge in [0.1, 0.15) is 10.6 Å². The number of amides is 1. The van der Waals surface area contributed by atoms with Crippen LogP contribution in [0.4, 0.5) is 11.4 Å². The van der Waals surface area contributed by atoms with Crippen molar-refractivity contribution in [3.63, 3.8) is 0 Å². The van der Waals surface area contributed by atoms with Crippen LogP contribution < -0.4 is 14.9 Å². The first kappa shape index (κ1) is 18.0. The monoisotopic (exact) mass is 350 g/mol. The molecule has 8 heteroatoms. The number of anilines is 2. The summed E-state index contributed by atoms with van der Waals surface area (Å²) in [7, 11) is 3.27. The van der Waals surface area contributed by atoms with E-state index >= 15 is 0 Å². The molecule has 0 saturated heterocycles. The highest BCUT2D eigenvalue weighted by molar-refractivity contribution is 7.89. The van der Waals surface area contributed by atoms with Gasteiger partial charge in [-0.25, -0.2) is 13.1 Å². The number of benzene rings is 1. The maximum atomic E-state index is 12.5. The molecule has 2 aromatic rings. The molecule has 1 amide bonds. The summed E-state index contributed by atoms with van der Waals surface area (Å²) in [4.78, 5) is 14.5. The number of hydrogen-bond acceptors (Lipinski definition) is 4. The van der Waals surface area contributed by atoms with E-state index < -0.39 is 10.0 Å². The lowest BCUT2D eigenvalue weighted by atomic mass is 10.1. The third kappa shape index (κ3) is 3.60. The van der Waals surface area contributed by atoms with Gasteiger partial charge in [0.25, 0.3) is 5.91 Å². The van der Waals surface area contributed by atoms with Crippen molar-refractivity contribution in [3.05, 3.63) is 41.7 Å². The molecule has 7 nitrogen and oxygen atoms in total. The van der Waals surface area contributed by atoms with Crippen LogP contribution in [0.1, 0.15) is 16.1 Å². The molecule has 24 heavy (non-hydrogen) atoms. The molecule has 1 heterocycles. The SMILES string of the molecule is CNS(=O)(=O)c1cc(C(=O)Nc2ccc(N(C)C)cc2C)n(C)c1. The number of rotatable bonds is 5. The molecule has 0 aliphatic rings. The van der Waals surface area contributed by atoms with Gasteiger partial charge in [-0.05, 0) is 43.8 Å². The van der Waals surface area contributed by atoms with Crippen LogP contribution in [0.25, 0.3) is 0 Å². The molecule has 2 N–H and O–H groups in total. The smallest absolute Gasteiger partial charge is 0.272 e. The van der Waals surface area contributed by atoms with Crippen molar-refractivity contribution in [2.75, 3.05) is 31.4 Å². The third-order valence-corrected chi connectivity index (χ3v) is 5.15. The van der Waals surface area contributed by atoms with Crippen molar-refractivity contribution in [2.45, 2.75) is 11.8 Å². The van der Waals surface area contributed by atoms with E-state index in [1.54, 1.807) is 7.05 Å². The minimum absolute atomic E-state index is 0.0531. The zero-order chi connectivity index (χ0) is 18.1. The first-order valence-electron chi connectivity index (χ1n) is 7.35. The lowest BCUT2D eigenvalue weighted by molar-refractivity contribution is 0.101. The average Bonchev–Trinajstić information content (AvgIpc) is 2.92. The van der Waals surface area contributed by atoms with Crippen molar-refractivity contribution < 1.29 is 13.2 Å². The maximum absolute atomic E-state index is 12.5. The van der Waals surface area contributed by atoms with Crippen LogP contribution >= 0.6 is 0 Å². The van der Waals surface area contributed by atoms with Crippen molar-refractivity contribution in [1.29, 1.82) is 0 Å². The Morgan fingerprint density at radius 1 is 1.21 bits per heavy atom. The second-order valence-electron chi connectivity index (χ2n) is 5.73. The maximum Gasteiger partial charge on any atom is 0.272 e. The number of hydrogen-bond donors (Lipinski definition) is 2. The van der Waals surface area contributed by atoms with Crippen LogP contribution in [0.15, 0.2) is 35.4 Å². The predicted molar refractivity (Wildman–Crippen MR) is 95.1 cm³/mol. The summed E-state index contributed by atoms with van der Waals surface area (Å²) >= 11 is 0. The highest BCUT2D eigenvalue weighted by atomic mass is 32.2. The van der Waals surface area contributed by atoms with Gasteiger partial charge in [-0.15, -0.1) is 0 Å². The normalized spacial score (nSPS) is 11.4. The van der Waals surface area contributed by atoms with Crippen LogP contribution in [0, 0.1) is 6.92 Å². The van der Waals surface area contributed by atoms with E-state index in [0.717, 1.165) is 11.3 Å². The Hall–Kier alpha value is -2.32. The zero-order valence-electron chi connectivity index (χ0n) is 14.4. The molecular formula is C16H22N4O3S. The second kappa shape index (κ2) is 6.66. The van der Waals surface area contributed by atoms with Gasteiger partial charge in [-0.2, -0.15) is 0 Å². The second-order valence-corrected chi connectivity index (χ2v) is 7.61. The first-order valence-corrected chi connectivity index (χ1v) is 8.83. The molecule has 2 rings (SSSR count). The van der Waals surface area contributed by atoms with E-state index in [9.17, 15) is 13.2 Å². The van der Waals surface area contributed by atoms with Gasteiger partial charge in [0.2, 0.25) is 10.0 Å². The Balaban J connectivity index is 2.28. The Morgan fingerprint density at radius 2 is 1.88 bits per heavy atom. The van der Waals surface area contributed by atoms with Gasteiger partial charge in [0.05, 0.1) is 0 Å². The highest BCUT2D eigenvalue weighted by Crippen LogP contribution is 2.22. The van der Waals surface area contributed by atoms with E-state index in [-0.39, 0.29) is 16.5 Å². The summed E-state index contributed by atoms with van der Waals surface area (Å²) in [5.74, 6) is -0.365. The topological polar surface area (TPSA) is 83.4 Å². The first-order chi connectivity index (χ1) is 11.2. The number of nitrogens with one attached hydrogen (secondary N) is 2. The summed E-state index contributed by atoms with van der Waals surface area (Å²) in [5, 5.41) is 2.82. The third-order valence-electron chi connectivity index (χ3n) is 3.77. The van der Waals surface area contributed by atoms with Crippen molar-refractivity contribution in [1.82, 2.24) is 9.29 Å². The largest absolute Gasteiger partial charge is 0.378 e. The average molecular weight is 350 g/mol. The minimum Gasteiger partial charge on any atom is -0.378 e. The quantitative estimate of drug-likeness (QED) is 0.857. The number of aryl methyl sites for hydroxylation is 2. The molecule has 0 aliphatic heterocycles. The Bertz CT molecular complexity index is 869. The molecule has 0 fully saturated rings. The Kier molecular flexibility index (Phi) is 5.00. The standard InChI is InChI=1S/C16H22N4O3S/c1-11-8-12(19(3)4)6-7-14(11)18-16(21)15-9-13(10-20(15)5)24(22,23)17-2/h6-10,17H,1-5H3,(H,18,21). The number of carbonyl (C=O) groups is 1. The van der Waals surface area contributed by atoms with Gasteiger partial charge in [0.15, 0.2) is 0 Å². The van der Waals surface area contributed by atoms with Crippen molar-refractivity contribution in [2.24, 2.45) is 7.05 Å². The molecule has 0 radical (unpaired) electrons. The van der Waals surface area contributed by atoms with Crippen LogP contribution in [-0.4, -0.2) is 40.0 Å². The summed E-state index contributed by atoms with van der Waals surface area (Å²) in [6, 6.07) is 7.06. The number of nitrogens with zero attached hydrogens (tertiary/aromatic N) is 2. The summed E-state index contributed by atoms with van der Waals surface area (Å²) in [5.41, 5.74) is 2.91. The number of sulfonamides is 1. The van der Waals surface area contributed by atoms with E-state index in [1.165, 1.54) is 23.9 Å². The minimum atomic E-state index is -3.59. The molecule has 0 bridgehead atoms. The fourth-order valence-corrected chi connectivity index (χ4v) is 3.08. The van der Waals surface area contributed by atoms with Gasteiger partial charge in [-0.1, -0.05) is 0 Å². The number of aromatic nitrogens is 1. The van der Waals surface area contributed by atoms with Gasteiger partial charge < -0.3 is 14.8 Å². The molecule has 1 aromatic heterocycles. The Morgan fingerprint density at radius 3 is 2.42 bits per heavy atom. The predicted octanol–water partition coefficient (Wildman–Crippen LogP) is 1.56. The molecular weight excluding hydrogens is 328 g/mol. The van der Waals surface area contributed by atoms with Gasteiger partial charge in [0, 0.05) is 38.7 Å². The summed E-state index contributed by atoms with van der Waals surface area (Å²) in [6.45, 7) is 1.91. The van der Waals surface area contributed by atoms with E-state index in [2.05, 4.69) is 10.0 Å². The molecule has 0 spiro atoms. The van der Waals surface area contributed by atoms with Crippen LogP contribution in [0.2, 0.25) is 0 Å². The zero-order valence-corrected chi connectivity index (χ0v) is 15.2. The lowest BCUT2D eigenvalue weighted by Gasteiger charge is -2.15. The highest BCUT2D eigenvalue weighted by Gasteiger charge is 2.19. The van der Waals surface area contributed by atoms with Gasteiger partial charge >= 0.3 is 0 Å². The van der Waals surface area contributed by atoms with E-state index in [4.69, 9.17) is 0 Å². The fraction of sp³-hybridized carbons (Fsp3) is 0.312. The Labute approximate surface area is 142 Å². The lowest BCUT2D eigenvalue weighted by Crippen LogP contribution is -2.18. The molecule has 0 atom stereocenters. The van der Waals surface area contributed by atoms with Gasteiger partial charge in [-0.3, -0.25) is 4.79 Å². The summed E-state index contributed by atoms with van der Waals surface area (Å²) in [6.07, 6.45) is 1.41. The molecule has 130 valence electrons. The van der Waals surface area contributed by atoms with Crippen LogP contribution in [0.3, 0.4) is 0 Å². The molecule has 1 aromatic carbocycles. The molecule has 0 unspecified atom stereocenters. The fourth-order valence-electron chi connectivity index (χ4n) is 2.28.